The third-order valence-electron chi connectivity index (χ3n) is 5.79. The van der Waals surface area contributed by atoms with Gasteiger partial charge in [-0.1, -0.05) is 0 Å². The van der Waals surface area contributed by atoms with Crippen molar-refractivity contribution in [3.05, 3.63) is 48.6 Å². The second-order valence-electron chi connectivity index (χ2n) is 7.75. The maximum Gasteiger partial charge on any atom is 0.211 e. The van der Waals surface area contributed by atoms with Gasteiger partial charge in [0, 0.05) is 47.9 Å². The molecule has 0 amide bonds. The van der Waals surface area contributed by atoms with Crippen molar-refractivity contribution >= 4 is 32.0 Å². The van der Waals surface area contributed by atoms with Gasteiger partial charge in [0.25, 0.3) is 0 Å². The number of fused-ring (bicyclic) bond motifs is 2. The molecule has 158 valence electrons. The van der Waals surface area contributed by atoms with Gasteiger partial charge in [0.1, 0.15) is 12.0 Å². The van der Waals surface area contributed by atoms with Crippen LogP contribution in [0.15, 0.2) is 36.9 Å². The zero-order valence-corrected chi connectivity index (χ0v) is 17.1. The van der Waals surface area contributed by atoms with Crippen molar-refractivity contribution in [2.45, 2.75) is 12.0 Å². The van der Waals surface area contributed by atoms with Crippen LogP contribution >= 0.6 is 0 Å². The van der Waals surface area contributed by atoms with E-state index >= 15 is 0 Å². The number of H-pyrrole nitrogens is 1. The van der Waals surface area contributed by atoms with E-state index in [4.69, 9.17) is 0 Å². The third kappa shape index (κ3) is 2.90. The van der Waals surface area contributed by atoms with Crippen LogP contribution in [-0.2, 0) is 15.6 Å². The van der Waals surface area contributed by atoms with Gasteiger partial charge in [0.2, 0.25) is 10.0 Å². The number of benzene rings is 1. The molecule has 3 aromatic heterocycles. The summed E-state index contributed by atoms with van der Waals surface area (Å²) in [5.41, 5.74) is 1.11. The van der Waals surface area contributed by atoms with Crippen LogP contribution < -0.4 is 0 Å². The summed E-state index contributed by atoms with van der Waals surface area (Å²) >= 11 is 0. The van der Waals surface area contributed by atoms with E-state index in [1.54, 1.807) is 23.0 Å². The van der Waals surface area contributed by atoms with Gasteiger partial charge in [0.15, 0.2) is 11.6 Å². The highest BCUT2D eigenvalue weighted by molar-refractivity contribution is 7.88. The summed E-state index contributed by atoms with van der Waals surface area (Å²) in [7, 11) is -3.45. The van der Waals surface area contributed by atoms with Crippen molar-refractivity contribution in [3.8, 4) is 17.3 Å². The number of rotatable bonds is 4. The Bertz CT molecular complexity index is 1500. The van der Waals surface area contributed by atoms with E-state index in [1.807, 2.05) is 0 Å². The molecule has 1 aliphatic heterocycles. The van der Waals surface area contributed by atoms with Crippen molar-refractivity contribution in [2.24, 2.45) is 0 Å². The predicted octanol–water partition coefficient (Wildman–Crippen LogP) is 2.74. The van der Waals surface area contributed by atoms with Crippen LogP contribution in [0, 0.1) is 23.0 Å². The fraction of sp³-hybridized carbons (Fsp3) is 0.250. The molecule has 0 spiro atoms. The SMILES string of the molecule is CS(=O)(=O)N1CC(CC#N)(n2cc(-c3ncnc4[nH]ccc34)c3cc(F)c(F)cc32)C1. The Labute approximate surface area is 175 Å². The minimum Gasteiger partial charge on any atom is -0.346 e. The Hall–Kier alpha value is -3.36. The molecule has 0 atom stereocenters. The number of hydrogen-bond acceptors (Lipinski definition) is 5. The van der Waals surface area contributed by atoms with Gasteiger partial charge in [-0.25, -0.2) is 27.2 Å². The summed E-state index contributed by atoms with van der Waals surface area (Å²) < 4.78 is 55.3. The van der Waals surface area contributed by atoms with E-state index in [2.05, 4.69) is 21.0 Å². The van der Waals surface area contributed by atoms with E-state index in [0.717, 1.165) is 18.4 Å². The van der Waals surface area contributed by atoms with E-state index < -0.39 is 27.2 Å². The van der Waals surface area contributed by atoms with Crippen molar-refractivity contribution in [2.75, 3.05) is 19.3 Å². The van der Waals surface area contributed by atoms with Crippen LogP contribution in [-0.4, -0.2) is 51.6 Å². The number of aromatic nitrogens is 4. The fourth-order valence-corrected chi connectivity index (χ4v) is 5.18. The van der Waals surface area contributed by atoms with Crippen LogP contribution in [0.4, 0.5) is 8.78 Å². The second kappa shape index (κ2) is 6.57. The number of nitriles is 1. The smallest absolute Gasteiger partial charge is 0.211 e. The van der Waals surface area contributed by atoms with Gasteiger partial charge in [-0.2, -0.15) is 9.57 Å². The molecule has 1 saturated heterocycles. The number of sulfonamides is 1. The Morgan fingerprint density at radius 3 is 2.68 bits per heavy atom. The van der Waals surface area contributed by atoms with E-state index in [9.17, 15) is 22.5 Å². The highest BCUT2D eigenvalue weighted by atomic mass is 32.2. The molecule has 1 fully saturated rings. The number of halogens is 2. The van der Waals surface area contributed by atoms with E-state index in [-0.39, 0.29) is 19.5 Å². The molecule has 4 heterocycles. The van der Waals surface area contributed by atoms with Gasteiger partial charge in [-0.3, -0.25) is 0 Å². The van der Waals surface area contributed by atoms with Crippen LogP contribution in [0.3, 0.4) is 0 Å². The zero-order valence-electron chi connectivity index (χ0n) is 16.3. The van der Waals surface area contributed by atoms with Gasteiger partial charge >= 0.3 is 0 Å². The number of nitrogens with one attached hydrogen (secondary N) is 1. The van der Waals surface area contributed by atoms with Crippen LogP contribution in [0.25, 0.3) is 33.2 Å². The molecule has 0 radical (unpaired) electrons. The standard InChI is InChI=1S/C20H16F2N6O2S/c1-31(29,30)27-9-20(10-27,3-4-23)28-8-14(13-6-15(21)16(22)7-17(13)28)18-12-2-5-24-19(12)26-11-25-18/h2,5-8,11H,3,9-10H2,1H3,(H,24,25,26). The van der Waals surface area contributed by atoms with Crippen molar-refractivity contribution < 1.29 is 17.2 Å². The van der Waals surface area contributed by atoms with E-state index in [1.165, 1.54) is 10.6 Å². The first-order chi connectivity index (χ1) is 14.7. The Morgan fingerprint density at radius 1 is 1.23 bits per heavy atom. The van der Waals surface area contributed by atoms with Gasteiger partial charge in [-0.05, 0) is 12.1 Å². The summed E-state index contributed by atoms with van der Waals surface area (Å²) in [6.45, 7) is 0.121. The summed E-state index contributed by atoms with van der Waals surface area (Å²) in [4.78, 5) is 11.5. The normalized spacial score (nSPS) is 16.5. The molecule has 1 aliphatic rings. The highest BCUT2D eigenvalue weighted by Crippen LogP contribution is 2.42. The van der Waals surface area contributed by atoms with Gasteiger partial charge < -0.3 is 9.55 Å². The lowest BCUT2D eigenvalue weighted by molar-refractivity contribution is 0.0898. The Kier molecular flexibility index (Phi) is 4.15. The molecular formula is C20H16F2N6O2S. The lowest BCUT2D eigenvalue weighted by Gasteiger charge is -2.48. The largest absolute Gasteiger partial charge is 0.346 e. The minimum atomic E-state index is -3.45. The Balaban J connectivity index is 1.78. The molecule has 31 heavy (non-hydrogen) atoms. The predicted molar refractivity (Wildman–Crippen MR) is 109 cm³/mol. The molecule has 5 rings (SSSR count). The quantitative estimate of drug-likeness (QED) is 0.523. The van der Waals surface area contributed by atoms with Gasteiger partial charge in [-0.15, -0.1) is 0 Å². The minimum absolute atomic E-state index is 0.00454. The maximum atomic E-state index is 14.2. The summed E-state index contributed by atoms with van der Waals surface area (Å²) in [6, 6.07) is 6.07. The summed E-state index contributed by atoms with van der Waals surface area (Å²) in [5, 5.41) is 10.5. The molecular weight excluding hydrogens is 426 g/mol. The molecule has 0 unspecified atom stereocenters. The molecule has 0 bridgehead atoms. The number of aromatic amines is 1. The molecule has 8 nitrogen and oxygen atoms in total. The van der Waals surface area contributed by atoms with Gasteiger partial charge in [0.05, 0.1) is 35.5 Å². The molecule has 4 aromatic rings. The average molecular weight is 442 g/mol. The molecule has 1 aromatic carbocycles. The van der Waals surface area contributed by atoms with E-state index in [0.29, 0.717) is 33.2 Å². The maximum absolute atomic E-state index is 14.2. The zero-order chi connectivity index (χ0) is 22.0. The second-order valence-corrected chi connectivity index (χ2v) is 9.73. The van der Waals surface area contributed by atoms with Crippen LogP contribution in [0.1, 0.15) is 6.42 Å². The highest BCUT2D eigenvalue weighted by Gasteiger charge is 2.49. The lowest BCUT2D eigenvalue weighted by Crippen LogP contribution is -2.63. The summed E-state index contributed by atoms with van der Waals surface area (Å²) in [6.07, 6.45) is 5.87. The number of hydrogen-bond donors (Lipinski definition) is 1. The number of nitrogens with zero attached hydrogens (tertiary/aromatic N) is 5. The molecule has 0 saturated carbocycles. The average Bonchev–Trinajstić information content (AvgIpc) is 3.29. The first-order valence-electron chi connectivity index (χ1n) is 9.35. The van der Waals surface area contributed by atoms with Crippen molar-refractivity contribution in [1.29, 1.82) is 5.26 Å². The molecule has 0 aliphatic carbocycles. The fourth-order valence-electron chi connectivity index (χ4n) is 4.23. The first-order valence-corrected chi connectivity index (χ1v) is 11.2. The first kappa shape index (κ1) is 19.6. The topological polar surface area (TPSA) is 108 Å². The summed E-state index contributed by atoms with van der Waals surface area (Å²) in [5.74, 6) is -2.04. The lowest BCUT2D eigenvalue weighted by atomic mass is 9.88. The monoisotopic (exact) mass is 442 g/mol. The third-order valence-corrected chi connectivity index (χ3v) is 6.98. The molecule has 11 heteroatoms. The van der Waals surface area contributed by atoms with Crippen LogP contribution in [0.5, 0.6) is 0 Å². The Morgan fingerprint density at radius 2 is 1.97 bits per heavy atom. The van der Waals surface area contributed by atoms with Crippen LogP contribution in [0.2, 0.25) is 0 Å². The molecule has 1 N–H and O–H groups in total. The van der Waals surface area contributed by atoms with Crippen molar-refractivity contribution in [3.63, 3.8) is 0 Å². The van der Waals surface area contributed by atoms with Crippen molar-refractivity contribution in [1.82, 2.24) is 23.8 Å².